The van der Waals surface area contributed by atoms with Gasteiger partial charge < -0.3 is 19.7 Å². The number of nitrogens with zero attached hydrogens (tertiary/aromatic N) is 8. The van der Waals surface area contributed by atoms with Crippen LogP contribution in [-0.2, 0) is 11.3 Å². The van der Waals surface area contributed by atoms with Crippen LogP contribution in [0.5, 0.6) is 0 Å². The summed E-state index contributed by atoms with van der Waals surface area (Å²) in [6, 6.07) is 8.40. The van der Waals surface area contributed by atoms with Crippen LogP contribution in [0.25, 0.3) is 27.9 Å². The third kappa shape index (κ3) is 4.10. The zero-order valence-corrected chi connectivity index (χ0v) is 19.4. The first-order valence-electron chi connectivity index (χ1n) is 12.1. The van der Waals surface area contributed by atoms with Crippen LogP contribution < -0.4 is 4.90 Å². The lowest BCUT2D eigenvalue weighted by Gasteiger charge is -2.41. The number of aromatic nitrogens is 6. The van der Waals surface area contributed by atoms with Crippen LogP contribution >= 0.6 is 0 Å². The van der Waals surface area contributed by atoms with E-state index < -0.39 is 5.97 Å². The maximum Gasteiger partial charge on any atom is 0.323 e. The Labute approximate surface area is 201 Å². The molecule has 0 bridgehead atoms. The van der Waals surface area contributed by atoms with Gasteiger partial charge in [-0.1, -0.05) is 18.2 Å². The van der Waals surface area contributed by atoms with Gasteiger partial charge in [0.25, 0.3) is 0 Å². The summed E-state index contributed by atoms with van der Waals surface area (Å²) in [7, 11) is 0. The van der Waals surface area contributed by atoms with E-state index >= 15 is 0 Å². The summed E-state index contributed by atoms with van der Waals surface area (Å²) < 4.78 is 3.30. The van der Waals surface area contributed by atoms with Crippen LogP contribution in [0.1, 0.15) is 25.7 Å². The van der Waals surface area contributed by atoms with Gasteiger partial charge in [-0.25, -0.2) is 9.67 Å². The molecule has 1 saturated heterocycles. The van der Waals surface area contributed by atoms with Crippen LogP contribution in [0, 0.1) is 0 Å². The molecule has 2 N–H and O–H groups in total. The zero-order valence-electron chi connectivity index (χ0n) is 19.4. The fraction of sp³-hybridized carbons (Fsp3) is 0.458. The van der Waals surface area contributed by atoms with E-state index in [-0.39, 0.29) is 12.6 Å². The van der Waals surface area contributed by atoms with E-state index in [1.165, 1.54) is 6.33 Å². The Kier molecular flexibility index (Phi) is 5.57. The Morgan fingerprint density at radius 1 is 1.03 bits per heavy atom. The minimum absolute atomic E-state index is 0.153. The first kappa shape index (κ1) is 21.9. The molecule has 182 valence electrons. The summed E-state index contributed by atoms with van der Waals surface area (Å²) in [5.41, 5.74) is 1.90. The Morgan fingerprint density at radius 2 is 1.80 bits per heavy atom. The molecule has 11 heteroatoms. The van der Waals surface area contributed by atoms with Gasteiger partial charge in [0, 0.05) is 37.6 Å². The third-order valence-corrected chi connectivity index (χ3v) is 7.20. The van der Waals surface area contributed by atoms with Crippen molar-refractivity contribution < 1.29 is 15.0 Å². The number of imidazole rings is 1. The molecule has 35 heavy (non-hydrogen) atoms. The molecular formula is C24H28N8O3. The van der Waals surface area contributed by atoms with Gasteiger partial charge in [-0.2, -0.15) is 15.1 Å². The van der Waals surface area contributed by atoms with Crippen molar-refractivity contribution in [1.82, 2.24) is 34.2 Å². The highest BCUT2D eigenvalue weighted by atomic mass is 16.4. The Morgan fingerprint density at radius 3 is 2.57 bits per heavy atom. The predicted molar refractivity (Wildman–Crippen MR) is 130 cm³/mol. The number of aliphatic hydroxyl groups is 1. The van der Waals surface area contributed by atoms with E-state index in [1.807, 2.05) is 24.3 Å². The van der Waals surface area contributed by atoms with Crippen LogP contribution in [-0.4, -0.2) is 88.7 Å². The van der Waals surface area contributed by atoms with Gasteiger partial charge >= 0.3 is 5.97 Å². The maximum absolute atomic E-state index is 11.5. The highest BCUT2D eigenvalue weighted by Gasteiger charge is 2.29. The van der Waals surface area contributed by atoms with E-state index in [0.29, 0.717) is 29.0 Å². The number of carboxylic acids is 1. The van der Waals surface area contributed by atoms with Crippen molar-refractivity contribution in [2.24, 2.45) is 0 Å². The fourth-order valence-corrected chi connectivity index (χ4v) is 5.32. The van der Waals surface area contributed by atoms with Gasteiger partial charge in [-0.3, -0.25) is 9.69 Å². The number of hydrogen-bond acceptors (Lipinski definition) is 8. The number of anilines is 1. The molecule has 0 amide bonds. The lowest BCUT2D eigenvalue weighted by atomic mass is 9.91. The molecule has 1 aliphatic carbocycles. The maximum atomic E-state index is 11.5. The third-order valence-electron chi connectivity index (χ3n) is 7.20. The van der Waals surface area contributed by atoms with Crippen LogP contribution in [0.2, 0.25) is 0 Å². The van der Waals surface area contributed by atoms with Crippen molar-refractivity contribution in [3.05, 3.63) is 36.8 Å². The Bertz CT molecular complexity index is 1370. The van der Waals surface area contributed by atoms with Crippen LogP contribution in [0.4, 0.5) is 5.95 Å². The molecule has 11 nitrogen and oxygen atoms in total. The summed E-state index contributed by atoms with van der Waals surface area (Å²) >= 11 is 0. The molecule has 0 spiro atoms. The molecule has 2 fully saturated rings. The molecule has 1 aromatic carbocycles. The molecule has 0 unspecified atom stereocenters. The molecule has 4 aromatic rings. The summed E-state index contributed by atoms with van der Waals surface area (Å²) in [6.07, 6.45) is 6.96. The van der Waals surface area contributed by atoms with E-state index in [4.69, 9.17) is 9.97 Å². The van der Waals surface area contributed by atoms with Crippen molar-refractivity contribution in [3.63, 3.8) is 0 Å². The minimum Gasteiger partial charge on any atom is -0.480 e. The van der Waals surface area contributed by atoms with Gasteiger partial charge in [0.1, 0.15) is 6.54 Å². The topological polar surface area (TPSA) is 125 Å². The zero-order chi connectivity index (χ0) is 23.9. The molecule has 2 aliphatic rings. The minimum atomic E-state index is -0.957. The summed E-state index contributed by atoms with van der Waals surface area (Å²) in [4.78, 5) is 30.2. The molecule has 3 aromatic heterocycles. The number of hydrogen-bond donors (Lipinski definition) is 2. The number of aliphatic carboxylic acids is 1. The lowest BCUT2D eigenvalue weighted by molar-refractivity contribution is -0.137. The number of rotatable bonds is 5. The van der Waals surface area contributed by atoms with Crippen LogP contribution in [0.3, 0.4) is 0 Å². The van der Waals surface area contributed by atoms with Gasteiger partial charge in [0.2, 0.25) is 5.95 Å². The monoisotopic (exact) mass is 476 g/mol. The average molecular weight is 477 g/mol. The van der Waals surface area contributed by atoms with Crippen molar-refractivity contribution >= 4 is 34.0 Å². The second-order valence-corrected chi connectivity index (χ2v) is 9.39. The first-order valence-corrected chi connectivity index (χ1v) is 12.1. The quantitative estimate of drug-likeness (QED) is 0.442. The first-order chi connectivity index (χ1) is 17.1. The highest BCUT2D eigenvalue weighted by molar-refractivity contribution is 5.86. The fourth-order valence-electron chi connectivity index (χ4n) is 5.32. The number of piperazine rings is 1. The van der Waals surface area contributed by atoms with Gasteiger partial charge in [-0.15, -0.1) is 0 Å². The predicted octanol–water partition coefficient (Wildman–Crippen LogP) is 1.68. The molecule has 4 heterocycles. The molecule has 0 atom stereocenters. The Balaban J connectivity index is 1.35. The van der Waals surface area contributed by atoms with Crippen molar-refractivity contribution in [2.45, 2.75) is 44.4 Å². The Hall–Kier alpha value is -3.57. The van der Waals surface area contributed by atoms with E-state index in [1.54, 1.807) is 15.4 Å². The highest BCUT2D eigenvalue weighted by Crippen LogP contribution is 2.27. The number of aliphatic hydroxyl groups excluding tert-OH is 1. The van der Waals surface area contributed by atoms with E-state index in [0.717, 1.165) is 62.8 Å². The summed E-state index contributed by atoms with van der Waals surface area (Å²) in [6.45, 7) is 3.12. The molecule has 1 saturated carbocycles. The number of carbonyl (C=O) groups is 1. The number of fused-ring (bicyclic) bond motifs is 2. The molecule has 0 radical (unpaired) electrons. The second kappa shape index (κ2) is 8.90. The van der Waals surface area contributed by atoms with Gasteiger partial charge in [0.15, 0.2) is 17.0 Å². The SMILES string of the molecule is O=C(O)Cn1cnc2c(-n3ncc4ccccc43)nc(N3CCN([C@H]4CC[C@@H](O)CC4)CC3)nc21. The number of carboxylic acid groups (broad SMARTS) is 1. The number of benzene rings is 1. The summed E-state index contributed by atoms with van der Waals surface area (Å²) in [5.74, 6) is 0.138. The van der Waals surface area contributed by atoms with Gasteiger partial charge in [0.05, 0.1) is 24.1 Å². The van der Waals surface area contributed by atoms with Gasteiger partial charge in [-0.05, 0) is 31.7 Å². The summed E-state index contributed by atoms with van der Waals surface area (Å²) in [5, 5.41) is 24.8. The second-order valence-electron chi connectivity index (χ2n) is 9.39. The molecule has 1 aliphatic heterocycles. The van der Waals surface area contributed by atoms with E-state index in [9.17, 15) is 15.0 Å². The lowest BCUT2D eigenvalue weighted by Crippen LogP contribution is -2.51. The standard InChI is InChI=1S/C24H28N8O3/c33-18-7-5-17(6-8-18)29-9-11-30(12-10-29)24-27-22-21(25-15-31(22)14-20(34)35)23(28-24)32-19-4-2-1-3-16(19)13-26-32/h1-4,13,15,17-18,33H,5-12,14H2,(H,34,35)/t17-,18+. The van der Waals surface area contributed by atoms with Crippen LogP contribution in [0.15, 0.2) is 36.8 Å². The smallest absolute Gasteiger partial charge is 0.323 e. The van der Waals surface area contributed by atoms with Crippen molar-refractivity contribution in [1.29, 1.82) is 0 Å². The van der Waals surface area contributed by atoms with E-state index in [2.05, 4.69) is 19.9 Å². The van der Waals surface area contributed by atoms with Crippen molar-refractivity contribution in [3.8, 4) is 5.82 Å². The average Bonchev–Trinajstić information content (AvgIpc) is 3.48. The number of para-hydroxylation sites is 1. The van der Waals surface area contributed by atoms with Crippen molar-refractivity contribution in [2.75, 3.05) is 31.1 Å². The molecular weight excluding hydrogens is 448 g/mol. The molecule has 6 rings (SSSR count). The largest absolute Gasteiger partial charge is 0.480 e. The normalized spacial score (nSPS) is 21.7.